The molecule has 1 aromatic rings. The van der Waals surface area contributed by atoms with Gasteiger partial charge in [-0.2, -0.15) is 0 Å². The number of nitrogens with zero attached hydrogens (tertiary/aromatic N) is 2. The van der Waals surface area contributed by atoms with E-state index in [9.17, 15) is 4.79 Å². The summed E-state index contributed by atoms with van der Waals surface area (Å²) in [4.78, 5) is 17.1. The number of carbonyl (C=O) groups excluding carboxylic acids is 1. The minimum Gasteiger partial charge on any atom is -0.399 e. The summed E-state index contributed by atoms with van der Waals surface area (Å²) < 4.78 is 0. The van der Waals surface area contributed by atoms with Crippen molar-refractivity contribution in [1.29, 1.82) is 0 Å². The van der Waals surface area contributed by atoms with Gasteiger partial charge >= 0.3 is 0 Å². The Hall–Kier alpha value is -1.55. The zero-order valence-corrected chi connectivity index (χ0v) is 13.3. The summed E-state index contributed by atoms with van der Waals surface area (Å²) >= 11 is 0. The molecule has 4 nitrogen and oxygen atoms in total. The van der Waals surface area contributed by atoms with Gasteiger partial charge in [-0.1, -0.05) is 18.6 Å². The Morgan fingerprint density at radius 1 is 1.00 bits per heavy atom. The van der Waals surface area contributed by atoms with Crippen molar-refractivity contribution in [3.05, 3.63) is 29.8 Å². The fourth-order valence-corrected chi connectivity index (χ4v) is 3.69. The minimum atomic E-state index is 0.252. The molecule has 120 valence electrons. The number of anilines is 1. The lowest BCUT2D eigenvalue weighted by Gasteiger charge is -2.40. The molecule has 0 bridgehead atoms. The summed E-state index contributed by atoms with van der Waals surface area (Å²) in [5.41, 5.74) is 7.49. The smallest absolute Gasteiger partial charge is 0.226 e. The van der Waals surface area contributed by atoms with Crippen LogP contribution in [0.1, 0.15) is 37.7 Å². The third kappa shape index (κ3) is 3.80. The molecule has 2 fully saturated rings. The molecule has 3 rings (SSSR count). The van der Waals surface area contributed by atoms with Crippen LogP contribution in [0.3, 0.4) is 0 Å². The van der Waals surface area contributed by atoms with Crippen molar-refractivity contribution in [3.8, 4) is 0 Å². The van der Waals surface area contributed by atoms with E-state index < -0.39 is 0 Å². The number of carbonyl (C=O) groups is 1. The first kappa shape index (κ1) is 15.3. The summed E-state index contributed by atoms with van der Waals surface area (Å²) in [7, 11) is 0. The van der Waals surface area contributed by atoms with Gasteiger partial charge in [-0.3, -0.25) is 4.79 Å². The van der Waals surface area contributed by atoms with Gasteiger partial charge in [-0.15, -0.1) is 0 Å². The van der Waals surface area contributed by atoms with E-state index in [-0.39, 0.29) is 5.91 Å². The first-order valence-electron chi connectivity index (χ1n) is 8.58. The Bertz CT molecular complexity index is 486. The number of rotatable bonds is 3. The van der Waals surface area contributed by atoms with Gasteiger partial charge in [0.15, 0.2) is 0 Å². The summed E-state index contributed by atoms with van der Waals surface area (Å²) in [6.45, 7) is 4.33. The SMILES string of the molecule is Nc1ccc(CC(=O)N2CCC(N3CCCCC3)CC2)cc1. The van der Waals surface area contributed by atoms with Gasteiger partial charge in [-0.05, 0) is 56.5 Å². The van der Waals surface area contributed by atoms with Crippen LogP contribution in [0.15, 0.2) is 24.3 Å². The molecular formula is C18H27N3O. The molecule has 2 N–H and O–H groups in total. The molecule has 2 heterocycles. The highest BCUT2D eigenvalue weighted by atomic mass is 16.2. The predicted octanol–water partition coefficient (Wildman–Crippen LogP) is 2.29. The lowest BCUT2D eigenvalue weighted by Crippen LogP contribution is -2.48. The average molecular weight is 301 g/mol. The molecule has 0 unspecified atom stereocenters. The van der Waals surface area contributed by atoms with Crippen LogP contribution in [0.5, 0.6) is 0 Å². The summed E-state index contributed by atoms with van der Waals surface area (Å²) in [5, 5.41) is 0. The molecule has 22 heavy (non-hydrogen) atoms. The van der Waals surface area contributed by atoms with Crippen molar-refractivity contribution in [2.24, 2.45) is 0 Å². The van der Waals surface area contributed by atoms with Crippen LogP contribution in [0.4, 0.5) is 5.69 Å². The lowest BCUT2D eigenvalue weighted by atomic mass is 9.99. The van der Waals surface area contributed by atoms with E-state index in [0.717, 1.165) is 37.2 Å². The molecule has 0 aliphatic carbocycles. The molecule has 0 saturated carbocycles. The number of piperidine rings is 2. The van der Waals surface area contributed by atoms with E-state index in [2.05, 4.69) is 4.90 Å². The van der Waals surface area contributed by atoms with E-state index in [1.54, 1.807) is 0 Å². The second-order valence-electron chi connectivity index (χ2n) is 6.63. The Morgan fingerprint density at radius 3 is 2.27 bits per heavy atom. The maximum Gasteiger partial charge on any atom is 0.226 e. The molecule has 1 amide bonds. The maximum atomic E-state index is 12.4. The van der Waals surface area contributed by atoms with Crippen molar-refractivity contribution in [2.45, 2.75) is 44.6 Å². The van der Waals surface area contributed by atoms with Gasteiger partial charge in [0.05, 0.1) is 6.42 Å². The molecule has 1 aromatic carbocycles. The second-order valence-corrected chi connectivity index (χ2v) is 6.63. The first-order valence-corrected chi connectivity index (χ1v) is 8.58. The number of benzene rings is 1. The number of hydrogen-bond acceptors (Lipinski definition) is 3. The fourth-order valence-electron chi connectivity index (χ4n) is 3.69. The van der Waals surface area contributed by atoms with E-state index in [1.165, 1.54) is 32.4 Å². The monoisotopic (exact) mass is 301 g/mol. The van der Waals surface area contributed by atoms with E-state index in [1.807, 2.05) is 29.2 Å². The first-order chi connectivity index (χ1) is 10.7. The molecule has 0 radical (unpaired) electrons. The van der Waals surface area contributed by atoms with Crippen LogP contribution in [0.2, 0.25) is 0 Å². The predicted molar refractivity (Wildman–Crippen MR) is 89.6 cm³/mol. The van der Waals surface area contributed by atoms with Gasteiger partial charge in [0.1, 0.15) is 0 Å². The van der Waals surface area contributed by atoms with Gasteiger partial charge in [-0.25, -0.2) is 0 Å². The van der Waals surface area contributed by atoms with Crippen LogP contribution in [-0.2, 0) is 11.2 Å². The molecule has 2 aliphatic rings. The highest BCUT2D eigenvalue weighted by molar-refractivity contribution is 5.79. The van der Waals surface area contributed by atoms with Crippen LogP contribution in [0, 0.1) is 0 Å². The molecule has 2 saturated heterocycles. The number of amides is 1. The molecular weight excluding hydrogens is 274 g/mol. The Kier molecular flexibility index (Phi) is 4.98. The van der Waals surface area contributed by atoms with Crippen LogP contribution < -0.4 is 5.73 Å². The topological polar surface area (TPSA) is 49.6 Å². The second kappa shape index (κ2) is 7.14. The summed E-state index contributed by atoms with van der Waals surface area (Å²) in [5.74, 6) is 0.252. The summed E-state index contributed by atoms with van der Waals surface area (Å²) in [6, 6.07) is 8.33. The van der Waals surface area contributed by atoms with Crippen molar-refractivity contribution < 1.29 is 4.79 Å². The van der Waals surface area contributed by atoms with E-state index >= 15 is 0 Å². The highest BCUT2D eigenvalue weighted by Crippen LogP contribution is 2.21. The van der Waals surface area contributed by atoms with Crippen LogP contribution in [0.25, 0.3) is 0 Å². The zero-order valence-electron chi connectivity index (χ0n) is 13.3. The number of nitrogens with two attached hydrogens (primary N) is 1. The summed E-state index contributed by atoms with van der Waals surface area (Å²) in [6.07, 6.45) is 6.83. The number of nitrogen functional groups attached to an aromatic ring is 1. The third-order valence-corrected chi connectivity index (χ3v) is 5.06. The van der Waals surface area contributed by atoms with Crippen LogP contribution >= 0.6 is 0 Å². The van der Waals surface area contributed by atoms with Crippen molar-refractivity contribution in [1.82, 2.24) is 9.80 Å². The maximum absolute atomic E-state index is 12.4. The van der Waals surface area contributed by atoms with Crippen molar-refractivity contribution in [3.63, 3.8) is 0 Å². The van der Waals surface area contributed by atoms with Crippen molar-refractivity contribution >= 4 is 11.6 Å². The Labute approximate surface area is 133 Å². The quantitative estimate of drug-likeness (QED) is 0.872. The molecule has 0 spiro atoms. The zero-order chi connectivity index (χ0) is 15.4. The van der Waals surface area contributed by atoms with E-state index in [0.29, 0.717) is 12.5 Å². The molecule has 2 aliphatic heterocycles. The fraction of sp³-hybridized carbons (Fsp3) is 0.611. The van der Waals surface area contributed by atoms with Gasteiger partial charge in [0.2, 0.25) is 5.91 Å². The van der Waals surface area contributed by atoms with Crippen molar-refractivity contribution in [2.75, 3.05) is 31.9 Å². The molecule has 4 heteroatoms. The highest BCUT2D eigenvalue weighted by Gasteiger charge is 2.27. The lowest BCUT2D eigenvalue weighted by molar-refractivity contribution is -0.132. The third-order valence-electron chi connectivity index (χ3n) is 5.06. The Balaban J connectivity index is 1.48. The van der Waals surface area contributed by atoms with Crippen LogP contribution in [-0.4, -0.2) is 47.9 Å². The standard InChI is InChI=1S/C18H27N3O/c19-16-6-4-15(5-7-16)14-18(22)21-12-8-17(9-13-21)20-10-2-1-3-11-20/h4-7,17H,1-3,8-14,19H2. The van der Waals surface area contributed by atoms with Gasteiger partial charge < -0.3 is 15.5 Å². The largest absolute Gasteiger partial charge is 0.399 e. The van der Waals surface area contributed by atoms with Gasteiger partial charge in [0, 0.05) is 24.8 Å². The van der Waals surface area contributed by atoms with Gasteiger partial charge in [0.25, 0.3) is 0 Å². The van der Waals surface area contributed by atoms with E-state index in [4.69, 9.17) is 5.73 Å². The number of likely N-dealkylation sites (tertiary alicyclic amines) is 2. The Morgan fingerprint density at radius 2 is 1.64 bits per heavy atom. The average Bonchev–Trinajstić information content (AvgIpc) is 2.58. The molecule has 0 aromatic heterocycles. The normalized spacial score (nSPS) is 21.0. The molecule has 0 atom stereocenters. The number of hydrogen-bond donors (Lipinski definition) is 1. The minimum absolute atomic E-state index is 0.252.